The van der Waals surface area contributed by atoms with E-state index in [0.29, 0.717) is 10.2 Å². The van der Waals surface area contributed by atoms with Crippen LogP contribution in [0.25, 0.3) is 21.3 Å². The van der Waals surface area contributed by atoms with E-state index in [0.717, 1.165) is 26.0 Å². The standard InChI is InChI=1S/C21H16BrN3O2S/c1-13-18(15-5-3-2-4-6-15)19-20(28-13)23-12-25(21(19)27)24-17(26)11-14-7-9-16(22)10-8-14/h2-10,12H,11H2,1H3,(H,24,26). The van der Waals surface area contributed by atoms with Gasteiger partial charge in [0.15, 0.2) is 0 Å². The highest BCUT2D eigenvalue weighted by Crippen LogP contribution is 2.35. The van der Waals surface area contributed by atoms with E-state index in [1.807, 2.05) is 61.5 Å². The first-order valence-electron chi connectivity index (χ1n) is 8.63. The van der Waals surface area contributed by atoms with Crippen LogP contribution in [0.2, 0.25) is 0 Å². The molecule has 0 saturated carbocycles. The molecule has 2 heterocycles. The number of carbonyl (C=O) groups is 1. The maximum absolute atomic E-state index is 13.1. The molecule has 0 unspecified atom stereocenters. The maximum atomic E-state index is 13.1. The number of thiophene rings is 1. The van der Waals surface area contributed by atoms with Gasteiger partial charge >= 0.3 is 0 Å². The average molecular weight is 454 g/mol. The largest absolute Gasteiger partial charge is 0.281 e. The Morgan fingerprint density at radius 2 is 1.86 bits per heavy atom. The van der Waals surface area contributed by atoms with Crippen LogP contribution in [0.1, 0.15) is 10.4 Å². The van der Waals surface area contributed by atoms with E-state index in [2.05, 4.69) is 26.3 Å². The summed E-state index contributed by atoms with van der Waals surface area (Å²) in [6.07, 6.45) is 1.54. The second kappa shape index (κ2) is 7.69. The highest BCUT2D eigenvalue weighted by atomic mass is 79.9. The summed E-state index contributed by atoms with van der Waals surface area (Å²) in [5.41, 5.74) is 5.06. The number of halogens is 1. The lowest BCUT2D eigenvalue weighted by Crippen LogP contribution is -2.34. The highest BCUT2D eigenvalue weighted by molar-refractivity contribution is 9.10. The van der Waals surface area contributed by atoms with Crippen molar-refractivity contribution in [2.45, 2.75) is 13.3 Å². The molecule has 0 fully saturated rings. The molecule has 0 radical (unpaired) electrons. The Hall–Kier alpha value is -2.77. The van der Waals surface area contributed by atoms with Crippen molar-refractivity contribution in [2.24, 2.45) is 0 Å². The van der Waals surface area contributed by atoms with Crippen molar-refractivity contribution in [3.05, 3.63) is 86.2 Å². The number of nitrogens with zero attached hydrogens (tertiary/aromatic N) is 2. The normalized spacial score (nSPS) is 10.9. The molecule has 4 rings (SSSR count). The van der Waals surface area contributed by atoms with E-state index in [9.17, 15) is 9.59 Å². The van der Waals surface area contributed by atoms with Crippen LogP contribution in [0.3, 0.4) is 0 Å². The van der Waals surface area contributed by atoms with E-state index in [1.54, 1.807) is 0 Å². The summed E-state index contributed by atoms with van der Waals surface area (Å²) >= 11 is 4.85. The Bertz CT molecular complexity index is 1210. The van der Waals surface area contributed by atoms with Gasteiger partial charge in [-0.25, -0.2) is 9.66 Å². The summed E-state index contributed by atoms with van der Waals surface area (Å²) in [4.78, 5) is 31.6. The number of hydrogen-bond donors (Lipinski definition) is 1. The summed E-state index contributed by atoms with van der Waals surface area (Å²) in [5, 5.41) is 0.528. The van der Waals surface area contributed by atoms with Gasteiger partial charge in [0, 0.05) is 14.9 Å². The van der Waals surface area contributed by atoms with E-state index in [-0.39, 0.29) is 17.9 Å². The van der Waals surface area contributed by atoms with E-state index >= 15 is 0 Å². The number of aryl methyl sites for hydroxylation is 1. The zero-order chi connectivity index (χ0) is 19.7. The molecule has 0 aliphatic rings. The minimum atomic E-state index is -0.280. The Labute approximate surface area is 173 Å². The fourth-order valence-electron chi connectivity index (χ4n) is 3.10. The predicted molar refractivity (Wildman–Crippen MR) is 116 cm³/mol. The van der Waals surface area contributed by atoms with Gasteiger partial charge in [-0.2, -0.15) is 0 Å². The summed E-state index contributed by atoms with van der Waals surface area (Å²) in [6, 6.07) is 17.2. The molecule has 0 saturated heterocycles. The monoisotopic (exact) mass is 453 g/mol. The molecule has 28 heavy (non-hydrogen) atoms. The van der Waals surface area contributed by atoms with Gasteiger partial charge in [-0.05, 0) is 30.2 Å². The van der Waals surface area contributed by atoms with Crippen LogP contribution in [-0.2, 0) is 11.2 Å². The zero-order valence-corrected chi connectivity index (χ0v) is 17.4. The van der Waals surface area contributed by atoms with E-state index < -0.39 is 0 Å². The first-order valence-corrected chi connectivity index (χ1v) is 10.2. The molecule has 7 heteroatoms. The first kappa shape index (κ1) is 18.6. The number of carbonyl (C=O) groups excluding carboxylic acids is 1. The van der Waals surface area contributed by atoms with E-state index in [1.165, 1.54) is 22.3 Å². The van der Waals surface area contributed by atoms with Crippen LogP contribution in [0, 0.1) is 6.92 Å². The van der Waals surface area contributed by atoms with Crippen molar-refractivity contribution in [3.63, 3.8) is 0 Å². The Morgan fingerprint density at radius 1 is 1.14 bits per heavy atom. The molecular weight excluding hydrogens is 438 g/mol. The maximum Gasteiger partial charge on any atom is 0.281 e. The molecule has 2 aromatic carbocycles. The Balaban J connectivity index is 1.69. The lowest BCUT2D eigenvalue weighted by atomic mass is 10.0. The van der Waals surface area contributed by atoms with Crippen LogP contribution < -0.4 is 11.0 Å². The van der Waals surface area contributed by atoms with Crippen molar-refractivity contribution in [1.82, 2.24) is 9.66 Å². The molecule has 0 spiro atoms. The minimum Gasteiger partial charge on any atom is -0.273 e. The lowest BCUT2D eigenvalue weighted by molar-refractivity contribution is -0.116. The predicted octanol–water partition coefficient (Wildman–Crippen LogP) is 4.51. The molecule has 0 bridgehead atoms. The summed E-state index contributed by atoms with van der Waals surface area (Å²) in [6.45, 7) is 1.98. The number of fused-ring (bicyclic) bond motifs is 1. The van der Waals surface area contributed by atoms with Crippen molar-refractivity contribution in [1.29, 1.82) is 0 Å². The van der Waals surface area contributed by atoms with Crippen LogP contribution in [-0.4, -0.2) is 15.6 Å². The third-order valence-electron chi connectivity index (χ3n) is 4.37. The van der Waals surface area contributed by atoms with Gasteiger partial charge in [0.05, 0.1) is 11.8 Å². The van der Waals surface area contributed by atoms with Crippen molar-refractivity contribution >= 4 is 43.4 Å². The van der Waals surface area contributed by atoms with Gasteiger partial charge in [-0.3, -0.25) is 15.0 Å². The fourth-order valence-corrected chi connectivity index (χ4v) is 4.36. The number of nitrogens with one attached hydrogen (secondary N) is 1. The van der Waals surface area contributed by atoms with Gasteiger partial charge in [-0.15, -0.1) is 11.3 Å². The van der Waals surface area contributed by atoms with Gasteiger partial charge in [0.25, 0.3) is 5.56 Å². The molecular formula is C21H16BrN3O2S. The number of aromatic nitrogens is 2. The average Bonchev–Trinajstić information content (AvgIpc) is 3.03. The number of hydrogen-bond acceptors (Lipinski definition) is 4. The highest BCUT2D eigenvalue weighted by Gasteiger charge is 2.17. The summed E-state index contributed by atoms with van der Waals surface area (Å²) < 4.78 is 2.12. The smallest absolute Gasteiger partial charge is 0.273 e. The molecule has 0 aliphatic carbocycles. The van der Waals surface area contributed by atoms with E-state index in [4.69, 9.17) is 0 Å². The quantitative estimate of drug-likeness (QED) is 0.494. The molecule has 0 aliphatic heterocycles. The lowest BCUT2D eigenvalue weighted by Gasteiger charge is -2.08. The van der Waals surface area contributed by atoms with Crippen molar-refractivity contribution < 1.29 is 4.79 Å². The summed E-state index contributed by atoms with van der Waals surface area (Å²) in [7, 11) is 0. The zero-order valence-electron chi connectivity index (χ0n) is 15.0. The Kier molecular flexibility index (Phi) is 5.11. The van der Waals surface area contributed by atoms with Gasteiger partial charge in [0.2, 0.25) is 5.91 Å². The minimum absolute atomic E-state index is 0.173. The molecule has 1 N–H and O–H groups in total. The van der Waals surface area contributed by atoms with Crippen molar-refractivity contribution in [2.75, 3.05) is 5.43 Å². The van der Waals surface area contributed by atoms with Gasteiger partial charge in [0.1, 0.15) is 11.2 Å². The summed E-state index contributed by atoms with van der Waals surface area (Å²) in [5.74, 6) is -0.279. The third kappa shape index (κ3) is 3.63. The fraction of sp³-hybridized carbons (Fsp3) is 0.0952. The first-order chi connectivity index (χ1) is 13.5. The number of rotatable bonds is 4. The van der Waals surface area contributed by atoms with Crippen LogP contribution in [0.15, 0.2) is 70.2 Å². The van der Waals surface area contributed by atoms with Crippen molar-refractivity contribution in [3.8, 4) is 11.1 Å². The van der Waals surface area contributed by atoms with Crippen LogP contribution >= 0.6 is 27.3 Å². The molecule has 2 aromatic heterocycles. The molecule has 1 amide bonds. The van der Waals surface area contributed by atoms with Crippen LogP contribution in [0.4, 0.5) is 0 Å². The second-order valence-corrected chi connectivity index (χ2v) is 8.46. The SMILES string of the molecule is Cc1sc2ncn(NC(=O)Cc3ccc(Br)cc3)c(=O)c2c1-c1ccccc1. The molecule has 4 aromatic rings. The third-order valence-corrected chi connectivity index (χ3v) is 5.92. The molecule has 0 atom stereocenters. The topological polar surface area (TPSA) is 64.0 Å². The number of amides is 1. The molecule has 140 valence electrons. The number of benzene rings is 2. The van der Waals surface area contributed by atoms with Gasteiger partial charge < -0.3 is 0 Å². The Morgan fingerprint density at radius 3 is 2.57 bits per heavy atom. The molecule has 5 nitrogen and oxygen atoms in total. The van der Waals surface area contributed by atoms with Gasteiger partial charge in [-0.1, -0.05) is 58.4 Å². The second-order valence-electron chi connectivity index (χ2n) is 6.34. The van der Waals surface area contributed by atoms with Crippen LogP contribution in [0.5, 0.6) is 0 Å².